The van der Waals surface area contributed by atoms with E-state index >= 15 is 0 Å². The van der Waals surface area contributed by atoms with Crippen LogP contribution in [0.3, 0.4) is 0 Å². The lowest BCUT2D eigenvalue weighted by Crippen LogP contribution is -2.50. The lowest BCUT2D eigenvalue weighted by molar-refractivity contribution is -0.146. The van der Waals surface area contributed by atoms with Crippen LogP contribution in [0.15, 0.2) is 0 Å². The van der Waals surface area contributed by atoms with Crippen LogP contribution in [0.5, 0.6) is 0 Å². The number of nitrogens with zero attached hydrogens (tertiary/aromatic N) is 2. The van der Waals surface area contributed by atoms with Gasteiger partial charge in [-0.05, 0) is 59.0 Å². The van der Waals surface area contributed by atoms with E-state index in [-0.39, 0.29) is 18.1 Å². The van der Waals surface area contributed by atoms with Crippen LogP contribution >= 0.6 is 0 Å². The first-order valence-electron chi connectivity index (χ1n) is 8.90. The van der Waals surface area contributed by atoms with Gasteiger partial charge in [0, 0.05) is 25.2 Å². The van der Waals surface area contributed by atoms with Crippen molar-refractivity contribution in [2.75, 3.05) is 33.4 Å². The molecule has 3 aliphatic heterocycles. The number of ether oxygens (including phenoxy) is 2. The average Bonchev–Trinajstić information content (AvgIpc) is 3.24. The minimum Gasteiger partial charge on any atom is -0.376 e. The number of likely N-dealkylation sites (N-methyl/N-ethyl adjacent to an activating group) is 1. The van der Waals surface area contributed by atoms with Crippen molar-refractivity contribution in [1.82, 2.24) is 9.80 Å². The topological polar surface area (TPSA) is 42.0 Å². The predicted octanol–water partition coefficient (Wildman–Crippen LogP) is 1.66. The third-order valence-electron chi connectivity index (χ3n) is 5.51. The normalized spacial score (nSPS) is 34.5. The Morgan fingerprint density at radius 2 is 1.95 bits per heavy atom. The molecule has 126 valence electrons. The van der Waals surface area contributed by atoms with Crippen LogP contribution in [0.2, 0.25) is 0 Å². The molecule has 1 amide bonds. The third-order valence-corrected chi connectivity index (χ3v) is 5.51. The summed E-state index contributed by atoms with van der Waals surface area (Å²) >= 11 is 0. The molecular formula is C17H30N2O3. The molecule has 3 saturated heterocycles. The molecule has 0 saturated carbocycles. The molecule has 0 aromatic carbocycles. The summed E-state index contributed by atoms with van der Waals surface area (Å²) in [6.07, 6.45) is 6.74. The van der Waals surface area contributed by atoms with Gasteiger partial charge in [-0.25, -0.2) is 0 Å². The van der Waals surface area contributed by atoms with Crippen LogP contribution < -0.4 is 0 Å². The first-order chi connectivity index (χ1) is 10.7. The second-order valence-electron chi connectivity index (χ2n) is 7.04. The summed E-state index contributed by atoms with van der Waals surface area (Å²) in [6, 6.07) is 0.922. The van der Waals surface area contributed by atoms with Crippen molar-refractivity contribution in [3.8, 4) is 0 Å². The average molecular weight is 310 g/mol. The maximum Gasteiger partial charge on any atom is 0.251 e. The van der Waals surface area contributed by atoms with Gasteiger partial charge in [-0.15, -0.1) is 0 Å². The molecule has 3 aliphatic rings. The van der Waals surface area contributed by atoms with Gasteiger partial charge >= 0.3 is 0 Å². The molecule has 0 aromatic heterocycles. The summed E-state index contributed by atoms with van der Waals surface area (Å²) in [5.41, 5.74) is 0. The Bertz CT molecular complexity index is 384. The van der Waals surface area contributed by atoms with E-state index in [1.54, 1.807) is 0 Å². The summed E-state index contributed by atoms with van der Waals surface area (Å²) in [4.78, 5) is 17.3. The maximum absolute atomic E-state index is 12.8. The van der Waals surface area contributed by atoms with Crippen molar-refractivity contribution in [2.45, 2.75) is 69.7 Å². The SMILES string of the molecule is CC(OCC1CCCO1)C(=O)N1CCCC1C1CCCN1C. The van der Waals surface area contributed by atoms with Gasteiger partial charge in [-0.3, -0.25) is 4.79 Å². The number of carbonyl (C=O) groups excluding carboxylic acids is 1. The molecule has 22 heavy (non-hydrogen) atoms. The van der Waals surface area contributed by atoms with Crippen LogP contribution in [0.25, 0.3) is 0 Å². The van der Waals surface area contributed by atoms with Crippen LogP contribution in [0, 0.1) is 0 Å². The van der Waals surface area contributed by atoms with Crippen LogP contribution in [0.1, 0.15) is 45.4 Å². The van der Waals surface area contributed by atoms with Crippen molar-refractivity contribution < 1.29 is 14.3 Å². The van der Waals surface area contributed by atoms with Crippen LogP contribution in [0.4, 0.5) is 0 Å². The Labute approximate surface area is 133 Å². The molecule has 3 fully saturated rings. The second-order valence-corrected chi connectivity index (χ2v) is 7.04. The number of hydrogen-bond donors (Lipinski definition) is 0. The fraction of sp³-hybridized carbons (Fsp3) is 0.941. The third kappa shape index (κ3) is 3.47. The van der Waals surface area contributed by atoms with Gasteiger partial charge in [-0.2, -0.15) is 0 Å². The maximum atomic E-state index is 12.8. The number of rotatable bonds is 5. The zero-order valence-electron chi connectivity index (χ0n) is 14.0. The highest BCUT2D eigenvalue weighted by Gasteiger charge is 2.39. The lowest BCUT2D eigenvalue weighted by Gasteiger charge is -2.34. The van der Waals surface area contributed by atoms with Crippen molar-refractivity contribution >= 4 is 5.91 Å². The van der Waals surface area contributed by atoms with Gasteiger partial charge in [0.1, 0.15) is 6.10 Å². The number of hydrogen-bond acceptors (Lipinski definition) is 4. The monoisotopic (exact) mass is 310 g/mol. The molecule has 0 aromatic rings. The van der Waals surface area contributed by atoms with Gasteiger partial charge in [0.25, 0.3) is 5.91 Å². The quantitative estimate of drug-likeness (QED) is 0.774. The van der Waals surface area contributed by atoms with E-state index in [1.807, 2.05) is 6.92 Å². The Balaban J connectivity index is 1.53. The van der Waals surface area contributed by atoms with Crippen molar-refractivity contribution in [3.05, 3.63) is 0 Å². The minimum absolute atomic E-state index is 0.167. The van der Waals surface area contributed by atoms with Crippen LogP contribution in [-0.4, -0.2) is 73.3 Å². The van der Waals surface area contributed by atoms with E-state index in [0.717, 1.165) is 45.4 Å². The first kappa shape index (κ1) is 16.2. The van der Waals surface area contributed by atoms with Crippen molar-refractivity contribution in [2.24, 2.45) is 0 Å². The van der Waals surface area contributed by atoms with Crippen molar-refractivity contribution in [3.63, 3.8) is 0 Å². The smallest absolute Gasteiger partial charge is 0.251 e. The molecule has 5 nitrogen and oxygen atoms in total. The van der Waals surface area contributed by atoms with Gasteiger partial charge < -0.3 is 19.3 Å². The van der Waals surface area contributed by atoms with Gasteiger partial charge in [0.2, 0.25) is 0 Å². The summed E-state index contributed by atoms with van der Waals surface area (Å²) in [6.45, 7) is 5.33. The van der Waals surface area contributed by atoms with E-state index in [9.17, 15) is 4.79 Å². The number of amides is 1. The highest BCUT2D eigenvalue weighted by Crippen LogP contribution is 2.29. The van der Waals surface area contributed by atoms with E-state index in [1.165, 1.54) is 12.8 Å². The molecule has 4 unspecified atom stereocenters. The fourth-order valence-corrected chi connectivity index (χ4v) is 4.22. The van der Waals surface area contributed by atoms with Gasteiger partial charge in [-0.1, -0.05) is 0 Å². The molecule has 0 bridgehead atoms. The molecule has 0 spiro atoms. The molecule has 0 N–H and O–H groups in total. The lowest BCUT2D eigenvalue weighted by atomic mass is 10.0. The minimum atomic E-state index is -0.350. The predicted molar refractivity (Wildman–Crippen MR) is 84.8 cm³/mol. The number of likely N-dealkylation sites (tertiary alicyclic amines) is 2. The molecule has 3 heterocycles. The summed E-state index contributed by atoms with van der Waals surface area (Å²) in [5, 5.41) is 0. The van der Waals surface area contributed by atoms with E-state index < -0.39 is 0 Å². The Kier molecular flexibility index (Phi) is 5.37. The summed E-state index contributed by atoms with van der Waals surface area (Å²) in [5.74, 6) is 0.167. The zero-order valence-corrected chi connectivity index (χ0v) is 14.0. The fourth-order valence-electron chi connectivity index (χ4n) is 4.22. The van der Waals surface area contributed by atoms with Crippen LogP contribution in [-0.2, 0) is 14.3 Å². The summed E-state index contributed by atoms with van der Waals surface area (Å²) in [7, 11) is 2.19. The second kappa shape index (κ2) is 7.28. The van der Waals surface area contributed by atoms with Crippen molar-refractivity contribution in [1.29, 1.82) is 0 Å². The molecule has 3 rings (SSSR count). The molecular weight excluding hydrogens is 280 g/mol. The van der Waals surface area contributed by atoms with E-state index in [2.05, 4.69) is 16.8 Å². The number of carbonyl (C=O) groups is 1. The van der Waals surface area contributed by atoms with E-state index in [0.29, 0.717) is 18.7 Å². The van der Waals surface area contributed by atoms with Gasteiger partial charge in [0.15, 0.2) is 0 Å². The zero-order chi connectivity index (χ0) is 15.5. The summed E-state index contributed by atoms with van der Waals surface area (Å²) < 4.78 is 11.4. The highest BCUT2D eigenvalue weighted by molar-refractivity contribution is 5.81. The Morgan fingerprint density at radius 3 is 2.64 bits per heavy atom. The molecule has 4 atom stereocenters. The largest absolute Gasteiger partial charge is 0.376 e. The van der Waals surface area contributed by atoms with E-state index in [4.69, 9.17) is 9.47 Å². The Hall–Kier alpha value is -0.650. The molecule has 0 aliphatic carbocycles. The van der Waals surface area contributed by atoms with Gasteiger partial charge in [0.05, 0.1) is 12.7 Å². The first-order valence-corrected chi connectivity index (χ1v) is 8.90. The standard InChI is InChI=1S/C17H30N2O3/c1-13(22-12-14-6-5-11-21-14)17(20)19-10-4-8-16(19)15-7-3-9-18(15)2/h13-16H,3-12H2,1-2H3. The molecule has 0 radical (unpaired) electrons. The molecule has 5 heteroatoms. The Morgan fingerprint density at radius 1 is 1.18 bits per heavy atom. The highest BCUT2D eigenvalue weighted by atomic mass is 16.5.